The van der Waals surface area contributed by atoms with E-state index in [1.165, 1.54) is 6.92 Å². The van der Waals surface area contributed by atoms with Crippen molar-refractivity contribution in [2.75, 3.05) is 19.6 Å². The highest BCUT2D eigenvalue weighted by Gasteiger charge is 2.49. The summed E-state index contributed by atoms with van der Waals surface area (Å²) in [5.74, 6) is -5.95. The van der Waals surface area contributed by atoms with Crippen LogP contribution in [0.4, 0.5) is 22.0 Å². The molecule has 1 aliphatic carbocycles. The first-order valence-electron chi connectivity index (χ1n) is 11.7. The number of aromatic nitrogens is 2. The van der Waals surface area contributed by atoms with Crippen molar-refractivity contribution in [2.45, 2.75) is 59.8 Å². The van der Waals surface area contributed by atoms with Gasteiger partial charge in [0.15, 0.2) is 17.3 Å². The summed E-state index contributed by atoms with van der Waals surface area (Å²) in [6.45, 7) is 10.6. The van der Waals surface area contributed by atoms with Gasteiger partial charge in [0.2, 0.25) is 0 Å². The maximum absolute atomic E-state index is 14.2. The van der Waals surface area contributed by atoms with Crippen LogP contribution in [0.15, 0.2) is 23.3 Å². The zero-order valence-corrected chi connectivity index (χ0v) is 19.9. The molecule has 34 heavy (non-hydrogen) atoms. The average molecular weight is 487 g/mol. The normalized spacial score (nSPS) is 25.1. The molecule has 3 heterocycles. The van der Waals surface area contributed by atoms with Crippen LogP contribution in [-0.2, 0) is 13.1 Å². The number of piperidine rings is 1. The number of hydrogen-bond donors (Lipinski definition) is 1. The molecule has 1 aromatic rings. The second-order valence-electron chi connectivity index (χ2n) is 11.0. The van der Waals surface area contributed by atoms with Gasteiger partial charge in [0.05, 0.1) is 11.3 Å². The number of nitrogens with zero attached hydrogens (tertiary/aromatic N) is 3. The SMILES string of the molecule is CC1C=C(F)C(F)=C(C(F)(F)F)C1C1CCN(C(=O)c2n[nH]c3c2CN(CC(C)(C)C)C3)CC1. The van der Waals surface area contributed by atoms with Crippen molar-refractivity contribution in [3.8, 4) is 0 Å². The van der Waals surface area contributed by atoms with Crippen LogP contribution in [0.2, 0.25) is 0 Å². The van der Waals surface area contributed by atoms with Crippen LogP contribution in [0.3, 0.4) is 0 Å². The topological polar surface area (TPSA) is 52.2 Å². The molecule has 0 saturated carbocycles. The minimum atomic E-state index is -4.95. The maximum atomic E-state index is 14.2. The summed E-state index contributed by atoms with van der Waals surface area (Å²) >= 11 is 0. The molecule has 0 bridgehead atoms. The molecular weight excluding hydrogens is 455 g/mol. The third kappa shape index (κ3) is 4.78. The molecule has 1 fully saturated rings. The molecule has 0 radical (unpaired) electrons. The van der Waals surface area contributed by atoms with E-state index in [1.54, 1.807) is 4.90 Å². The molecule has 1 saturated heterocycles. The number of amides is 1. The van der Waals surface area contributed by atoms with E-state index in [2.05, 4.69) is 35.9 Å². The summed E-state index contributed by atoms with van der Waals surface area (Å²) in [5.41, 5.74) is 0.863. The van der Waals surface area contributed by atoms with Gasteiger partial charge in [-0.1, -0.05) is 27.7 Å². The Morgan fingerprint density at radius 2 is 1.79 bits per heavy atom. The first-order valence-corrected chi connectivity index (χ1v) is 11.7. The van der Waals surface area contributed by atoms with Gasteiger partial charge < -0.3 is 4.90 Å². The van der Waals surface area contributed by atoms with Crippen molar-refractivity contribution >= 4 is 5.91 Å². The van der Waals surface area contributed by atoms with Crippen LogP contribution < -0.4 is 0 Å². The third-order valence-electron chi connectivity index (χ3n) is 7.01. The van der Waals surface area contributed by atoms with E-state index in [0.717, 1.165) is 23.9 Å². The second-order valence-corrected chi connectivity index (χ2v) is 11.0. The number of aromatic amines is 1. The number of carbonyl (C=O) groups is 1. The second kappa shape index (κ2) is 8.77. The van der Waals surface area contributed by atoms with Gasteiger partial charge in [-0.3, -0.25) is 14.8 Å². The van der Waals surface area contributed by atoms with Crippen molar-refractivity contribution in [2.24, 2.45) is 23.2 Å². The van der Waals surface area contributed by atoms with E-state index in [-0.39, 0.29) is 37.3 Å². The molecule has 2 unspecified atom stereocenters. The van der Waals surface area contributed by atoms with E-state index in [4.69, 9.17) is 0 Å². The van der Waals surface area contributed by atoms with Gasteiger partial charge in [-0.25, -0.2) is 8.78 Å². The van der Waals surface area contributed by atoms with Crippen LogP contribution in [-0.4, -0.2) is 51.7 Å². The number of allylic oxidation sites excluding steroid dienone is 4. The number of rotatable bonds is 3. The summed E-state index contributed by atoms with van der Waals surface area (Å²) < 4.78 is 68.8. The number of halogens is 5. The van der Waals surface area contributed by atoms with Gasteiger partial charge in [0.1, 0.15) is 0 Å². The van der Waals surface area contributed by atoms with E-state index >= 15 is 0 Å². The monoisotopic (exact) mass is 486 g/mol. The lowest BCUT2D eigenvalue weighted by molar-refractivity contribution is -0.108. The molecule has 10 heteroatoms. The van der Waals surface area contributed by atoms with Crippen LogP contribution in [0.1, 0.15) is 62.3 Å². The highest BCUT2D eigenvalue weighted by atomic mass is 19.4. The smallest absolute Gasteiger partial charge is 0.337 e. The average Bonchev–Trinajstić information content (AvgIpc) is 3.28. The Morgan fingerprint density at radius 3 is 2.38 bits per heavy atom. The van der Waals surface area contributed by atoms with Gasteiger partial charge in [-0.2, -0.15) is 18.3 Å². The molecule has 188 valence electrons. The van der Waals surface area contributed by atoms with Crippen molar-refractivity contribution < 1.29 is 26.7 Å². The number of H-pyrrole nitrogens is 1. The summed E-state index contributed by atoms with van der Waals surface area (Å²) in [4.78, 5) is 17.1. The van der Waals surface area contributed by atoms with Crippen molar-refractivity contribution in [3.05, 3.63) is 40.3 Å². The summed E-state index contributed by atoms with van der Waals surface area (Å²) in [6.07, 6.45) is -3.45. The molecule has 2 aliphatic heterocycles. The number of hydrogen-bond acceptors (Lipinski definition) is 3. The van der Waals surface area contributed by atoms with Crippen molar-refractivity contribution in [3.63, 3.8) is 0 Å². The molecular formula is C24H31F5N4O. The Balaban J connectivity index is 1.44. The summed E-state index contributed by atoms with van der Waals surface area (Å²) in [6, 6.07) is 0. The maximum Gasteiger partial charge on any atom is 0.415 e. The van der Waals surface area contributed by atoms with E-state index in [0.29, 0.717) is 18.8 Å². The predicted molar refractivity (Wildman–Crippen MR) is 117 cm³/mol. The molecule has 4 rings (SSSR count). The Kier molecular flexibility index (Phi) is 6.42. The predicted octanol–water partition coefficient (Wildman–Crippen LogP) is 5.53. The highest BCUT2D eigenvalue weighted by Crippen LogP contribution is 2.49. The van der Waals surface area contributed by atoms with Gasteiger partial charge >= 0.3 is 6.18 Å². The lowest BCUT2D eigenvalue weighted by Gasteiger charge is -2.40. The summed E-state index contributed by atoms with van der Waals surface area (Å²) in [7, 11) is 0. The lowest BCUT2D eigenvalue weighted by Crippen LogP contribution is -2.43. The van der Waals surface area contributed by atoms with Gasteiger partial charge in [-0.05, 0) is 36.2 Å². The Labute approximate surface area is 196 Å². The Hall–Kier alpha value is -2.23. The molecule has 5 nitrogen and oxygen atoms in total. The number of alkyl halides is 3. The fourth-order valence-electron chi connectivity index (χ4n) is 5.70. The Morgan fingerprint density at radius 1 is 1.15 bits per heavy atom. The number of nitrogens with one attached hydrogen (secondary N) is 1. The van der Waals surface area contributed by atoms with Crippen LogP contribution in [0, 0.1) is 23.2 Å². The van der Waals surface area contributed by atoms with Crippen LogP contribution in [0.5, 0.6) is 0 Å². The number of fused-ring (bicyclic) bond motifs is 1. The fourth-order valence-corrected chi connectivity index (χ4v) is 5.70. The lowest BCUT2D eigenvalue weighted by atomic mass is 9.70. The van der Waals surface area contributed by atoms with Gasteiger partial charge in [-0.15, -0.1) is 0 Å². The summed E-state index contributed by atoms with van der Waals surface area (Å²) in [5, 5.41) is 7.20. The van der Waals surface area contributed by atoms with E-state index in [1.807, 2.05) is 0 Å². The molecule has 3 aliphatic rings. The highest BCUT2D eigenvalue weighted by molar-refractivity contribution is 5.94. The van der Waals surface area contributed by atoms with Crippen molar-refractivity contribution in [1.82, 2.24) is 20.0 Å². The standard InChI is InChI=1S/C24H31F5N4O/c1-13-9-16(25)20(26)19(24(27,28)29)18(13)14-5-7-33(8-6-14)22(34)21-15-10-32(12-23(2,3)4)11-17(15)30-31-21/h9,13-14,18H,5-8,10-12H2,1-4H3,(H,30,31). The van der Waals surface area contributed by atoms with Crippen LogP contribution in [0.25, 0.3) is 0 Å². The van der Waals surface area contributed by atoms with E-state index in [9.17, 15) is 26.7 Å². The molecule has 1 aromatic heterocycles. The molecule has 2 atom stereocenters. The largest absolute Gasteiger partial charge is 0.415 e. The van der Waals surface area contributed by atoms with Gasteiger partial charge in [0, 0.05) is 44.2 Å². The molecule has 1 amide bonds. The zero-order chi connectivity index (χ0) is 25.0. The molecule has 0 aromatic carbocycles. The third-order valence-corrected chi connectivity index (χ3v) is 7.01. The molecule has 0 spiro atoms. The quantitative estimate of drug-likeness (QED) is 0.572. The Bertz CT molecular complexity index is 1010. The van der Waals surface area contributed by atoms with Crippen LogP contribution >= 0.6 is 0 Å². The van der Waals surface area contributed by atoms with Crippen molar-refractivity contribution in [1.29, 1.82) is 0 Å². The number of likely N-dealkylation sites (tertiary alicyclic amines) is 1. The first kappa shape index (κ1) is 24.9. The minimum absolute atomic E-state index is 0.112. The van der Waals surface area contributed by atoms with Gasteiger partial charge in [0.25, 0.3) is 5.91 Å². The fraction of sp³-hybridized carbons (Fsp3) is 0.667. The zero-order valence-electron chi connectivity index (χ0n) is 19.9. The first-order chi connectivity index (χ1) is 15.8. The molecule has 1 N–H and O–H groups in total. The minimum Gasteiger partial charge on any atom is -0.337 e. The van der Waals surface area contributed by atoms with E-state index < -0.39 is 41.2 Å². The number of carbonyl (C=O) groups excluding carboxylic acids is 1.